The molecule has 172 valence electrons. The molecule has 0 unspecified atom stereocenters. The summed E-state index contributed by atoms with van der Waals surface area (Å²) in [7, 11) is 1.71. The van der Waals surface area contributed by atoms with E-state index in [1.165, 1.54) is 4.90 Å². The number of aromatic hydroxyl groups is 1. The van der Waals surface area contributed by atoms with Crippen molar-refractivity contribution in [2.45, 2.75) is 31.8 Å². The number of nitrogens with zero attached hydrogens (tertiary/aromatic N) is 3. The number of phenolic OH excluding ortho intramolecular Hbond substituents is 1. The highest BCUT2D eigenvalue weighted by atomic mass is 16.4. The number of benzene rings is 2. The first-order valence-corrected chi connectivity index (χ1v) is 10.9. The number of carboxylic acid groups (broad SMARTS) is 1. The summed E-state index contributed by atoms with van der Waals surface area (Å²) in [5, 5.41) is 19.5. The van der Waals surface area contributed by atoms with Crippen LogP contribution in [0, 0.1) is 0 Å². The van der Waals surface area contributed by atoms with Gasteiger partial charge in [-0.1, -0.05) is 42.5 Å². The number of aryl methyl sites for hydroxylation is 1. The first-order chi connectivity index (χ1) is 15.9. The minimum atomic E-state index is -1.15. The second-order valence-electron chi connectivity index (χ2n) is 7.98. The number of hydrogen-bond acceptors (Lipinski definition) is 4. The molecule has 1 aromatic heterocycles. The summed E-state index contributed by atoms with van der Waals surface area (Å²) in [5.74, 6) is -0.0713. The zero-order chi connectivity index (χ0) is 23.6. The summed E-state index contributed by atoms with van der Waals surface area (Å²) < 4.78 is 0. The van der Waals surface area contributed by atoms with E-state index in [9.17, 15) is 19.8 Å². The number of aromatic nitrogens is 1. The second-order valence-corrected chi connectivity index (χ2v) is 7.98. The lowest BCUT2D eigenvalue weighted by Crippen LogP contribution is -2.50. The SMILES string of the molecule is CN(CCc1ccccc1)C(=O)[C@H](CCc1ccc(O)cc1)N(Cc1ccncc1)C(=O)O. The van der Waals surface area contributed by atoms with Crippen LogP contribution in [0.3, 0.4) is 0 Å². The third-order valence-corrected chi connectivity index (χ3v) is 5.61. The fourth-order valence-corrected chi connectivity index (χ4v) is 3.68. The molecule has 0 bridgehead atoms. The van der Waals surface area contributed by atoms with Crippen molar-refractivity contribution in [2.24, 2.45) is 0 Å². The van der Waals surface area contributed by atoms with Crippen molar-refractivity contribution >= 4 is 12.0 Å². The second kappa shape index (κ2) is 11.7. The van der Waals surface area contributed by atoms with E-state index in [0.29, 0.717) is 25.8 Å². The minimum Gasteiger partial charge on any atom is -0.508 e. The Kier molecular flexibility index (Phi) is 8.41. The third kappa shape index (κ3) is 7.07. The first kappa shape index (κ1) is 23.8. The van der Waals surface area contributed by atoms with Crippen LogP contribution in [0.4, 0.5) is 4.79 Å². The minimum absolute atomic E-state index is 0.0936. The molecule has 7 heteroatoms. The molecular weight excluding hydrogens is 418 g/mol. The molecule has 3 aromatic rings. The molecule has 0 spiro atoms. The van der Waals surface area contributed by atoms with Crippen LogP contribution in [0.25, 0.3) is 0 Å². The summed E-state index contributed by atoms with van der Waals surface area (Å²) >= 11 is 0. The van der Waals surface area contributed by atoms with Gasteiger partial charge in [-0.05, 0) is 60.2 Å². The number of carbonyl (C=O) groups is 2. The molecule has 33 heavy (non-hydrogen) atoms. The molecule has 1 heterocycles. The highest BCUT2D eigenvalue weighted by Crippen LogP contribution is 2.18. The predicted octanol–water partition coefficient (Wildman–Crippen LogP) is 3.97. The van der Waals surface area contributed by atoms with Gasteiger partial charge < -0.3 is 15.1 Å². The van der Waals surface area contributed by atoms with E-state index < -0.39 is 12.1 Å². The van der Waals surface area contributed by atoms with Gasteiger partial charge >= 0.3 is 6.09 Å². The lowest BCUT2D eigenvalue weighted by Gasteiger charge is -2.32. The standard InChI is InChI=1S/C26H29N3O4/c1-28(18-15-20-5-3-2-4-6-20)25(31)24(12-9-21-7-10-23(30)11-8-21)29(26(32)33)19-22-13-16-27-17-14-22/h2-8,10-11,13-14,16-17,24,30H,9,12,15,18-19H2,1H3,(H,32,33)/t24-/m0/s1. The van der Waals surface area contributed by atoms with Crippen molar-refractivity contribution in [3.8, 4) is 5.75 Å². The quantitative estimate of drug-likeness (QED) is 0.491. The van der Waals surface area contributed by atoms with Crippen LogP contribution >= 0.6 is 0 Å². The Bertz CT molecular complexity index is 1030. The first-order valence-electron chi connectivity index (χ1n) is 10.9. The zero-order valence-electron chi connectivity index (χ0n) is 18.7. The van der Waals surface area contributed by atoms with Crippen molar-refractivity contribution in [3.63, 3.8) is 0 Å². The van der Waals surface area contributed by atoms with Gasteiger partial charge in [0, 0.05) is 32.5 Å². The van der Waals surface area contributed by atoms with Gasteiger partial charge in [-0.3, -0.25) is 14.7 Å². The lowest BCUT2D eigenvalue weighted by molar-refractivity contribution is -0.135. The molecule has 2 amide bonds. The summed E-state index contributed by atoms with van der Waals surface area (Å²) in [5.41, 5.74) is 2.80. The van der Waals surface area contributed by atoms with Crippen molar-refractivity contribution in [1.29, 1.82) is 0 Å². The van der Waals surface area contributed by atoms with E-state index in [0.717, 1.165) is 16.7 Å². The van der Waals surface area contributed by atoms with Crippen molar-refractivity contribution in [3.05, 3.63) is 95.8 Å². The third-order valence-electron chi connectivity index (χ3n) is 5.61. The van der Waals surface area contributed by atoms with Crippen LogP contribution in [-0.4, -0.2) is 56.6 Å². The van der Waals surface area contributed by atoms with Crippen LogP contribution in [0.15, 0.2) is 79.1 Å². The average molecular weight is 448 g/mol. The molecular formula is C26H29N3O4. The van der Waals surface area contributed by atoms with Gasteiger partial charge in [0.25, 0.3) is 0 Å². The topological polar surface area (TPSA) is 94.0 Å². The Labute approximate surface area is 193 Å². The zero-order valence-corrected chi connectivity index (χ0v) is 18.7. The lowest BCUT2D eigenvalue weighted by atomic mass is 10.0. The Morgan fingerprint density at radius 3 is 2.15 bits per heavy atom. The predicted molar refractivity (Wildman–Crippen MR) is 126 cm³/mol. The summed E-state index contributed by atoms with van der Waals surface area (Å²) in [6.45, 7) is 0.581. The monoisotopic (exact) mass is 447 g/mol. The molecule has 3 rings (SSSR count). The fraction of sp³-hybridized carbons (Fsp3) is 0.269. The highest BCUT2D eigenvalue weighted by molar-refractivity contribution is 5.85. The molecule has 0 aliphatic heterocycles. The molecule has 0 aliphatic rings. The number of rotatable bonds is 10. The van der Waals surface area contributed by atoms with Crippen LogP contribution in [0.1, 0.15) is 23.1 Å². The maximum absolute atomic E-state index is 13.4. The Hall–Kier alpha value is -3.87. The molecule has 0 aliphatic carbocycles. The van der Waals surface area contributed by atoms with E-state index >= 15 is 0 Å². The van der Waals surface area contributed by atoms with Crippen LogP contribution < -0.4 is 0 Å². The van der Waals surface area contributed by atoms with E-state index in [1.807, 2.05) is 30.3 Å². The molecule has 0 fully saturated rings. The van der Waals surface area contributed by atoms with Gasteiger partial charge in [0.1, 0.15) is 11.8 Å². The largest absolute Gasteiger partial charge is 0.508 e. The molecule has 1 atom stereocenters. The Balaban J connectivity index is 1.77. The number of likely N-dealkylation sites (N-methyl/N-ethyl adjacent to an activating group) is 1. The van der Waals surface area contributed by atoms with E-state index in [-0.39, 0.29) is 18.2 Å². The van der Waals surface area contributed by atoms with E-state index in [1.54, 1.807) is 60.7 Å². The molecule has 0 saturated carbocycles. The summed E-state index contributed by atoms with van der Waals surface area (Å²) in [4.78, 5) is 32.5. The van der Waals surface area contributed by atoms with Crippen molar-refractivity contribution < 1.29 is 19.8 Å². The summed E-state index contributed by atoms with van der Waals surface area (Å²) in [6.07, 6.45) is 3.58. The number of amides is 2. The van der Waals surface area contributed by atoms with Gasteiger partial charge in [-0.25, -0.2) is 4.79 Å². The Morgan fingerprint density at radius 1 is 0.879 bits per heavy atom. The van der Waals surface area contributed by atoms with Gasteiger partial charge in [0.2, 0.25) is 5.91 Å². The Morgan fingerprint density at radius 2 is 1.52 bits per heavy atom. The normalized spacial score (nSPS) is 11.5. The molecule has 0 saturated heterocycles. The smallest absolute Gasteiger partial charge is 0.408 e. The average Bonchev–Trinajstić information content (AvgIpc) is 2.84. The van der Waals surface area contributed by atoms with E-state index in [2.05, 4.69) is 4.98 Å². The summed E-state index contributed by atoms with van der Waals surface area (Å²) in [6, 6.07) is 19.3. The van der Waals surface area contributed by atoms with Crippen LogP contribution in [0.2, 0.25) is 0 Å². The highest BCUT2D eigenvalue weighted by Gasteiger charge is 2.31. The van der Waals surface area contributed by atoms with E-state index in [4.69, 9.17) is 0 Å². The molecule has 0 radical (unpaired) electrons. The molecule has 2 aromatic carbocycles. The van der Waals surface area contributed by atoms with Gasteiger partial charge in [0.05, 0.1) is 0 Å². The van der Waals surface area contributed by atoms with Gasteiger partial charge in [-0.15, -0.1) is 0 Å². The van der Waals surface area contributed by atoms with Crippen molar-refractivity contribution in [2.75, 3.05) is 13.6 Å². The van der Waals surface area contributed by atoms with Crippen LogP contribution in [0.5, 0.6) is 5.75 Å². The van der Waals surface area contributed by atoms with Crippen LogP contribution in [-0.2, 0) is 24.2 Å². The molecule has 2 N–H and O–H groups in total. The number of pyridine rings is 1. The number of phenols is 1. The maximum Gasteiger partial charge on any atom is 0.408 e. The van der Waals surface area contributed by atoms with Gasteiger partial charge in [0.15, 0.2) is 0 Å². The molecule has 7 nitrogen and oxygen atoms in total. The fourth-order valence-electron chi connectivity index (χ4n) is 3.68. The van der Waals surface area contributed by atoms with Gasteiger partial charge in [-0.2, -0.15) is 0 Å². The number of carbonyl (C=O) groups excluding carboxylic acids is 1. The number of hydrogen-bond donors (Lipinski definition) is 2. The maximum atomic E-state index is 13.4. The van der Waals surface area contributed by atoms with Crippen molar-refractivity contribution in [1.82, 2.24) is 14.8 Å².